The van der Waals surface area contributed by atoms with Crippen molar-refractivity contribution in [3.63, 3.8) is 0 Å². The van der Waals surface area contributed by atoms with Crippen molar-refractivity contribution >= 4 is 5.91 Å². The highest BCUT2D eigenvalue weighted by molar-refractivity contribution is 5.76. The van der Waals surface area contributed by atoms with Crippen LogP contribution in [0.25, 0.3) is 0 Å². The Hall–Kier alpha value is -2.18. The topological polar surface area (TPSA) is 88.5 Å². The molecule has 7 heteroatoms. The fourth-order valence-electron chi connectivity index (χ4n) is 2.39. The number of aryl methyl sites for hydroxylation is 1. The average molecular weight is 260 g/mol. The fraction of sp³-hybridized carbons (Fsp3) is 0.500. The zero-order valence-electron chi connectivity index (χ0n) is 10.8. The first kappa shape index (κ1) is 11.9. The highest BCUT2D eigenvalue weighted by Gasteiger charge is 2.42. The zero-order chi connectivity index (χ0) is 13.3. The second-order valence-corrected chi connectivity index (χ2v) is 5.03. The molecule has 0 aromatic carbocycles. The number of carbonyl (C=O) groups excluding carboxylic acids is 1. The minimum Gasteiger partial charge on any atom is -0.342 e. The molecule has 3 rings (SSSR count). The van der Waals surface area contributed by atoms with Gasteiger partial charge in [0, 0.05) is 6.20 Å². The van der Waals surface area contributed by atoms with Gasteiger partial charge in [-0.3, -0.25) is 14.6 Å². The summed E-state index contributed by atoms with van der Waals surface area (Å²) in [6.07, 6.45) is 7.93. The molecule has 0 unspecified atom stereocenters. The van der Waals surface area contributed by atoms with Crippen molar-refractivity contribution in [3.05, 3.63) is 30.1 Å². The smallest absolute Gasteiger partial charge is 0.242 e. The molecule has 0 bridgehead atoms. The van der Waals surface area contributed by atoms with Crippen LogP contribution in [0, 0.1) is 6.92 Å². The van der Waals surface area contributed by atoms with E-state index >= 15 is 0 Å². The first-order valence-electron chi connectivity index (χ1n) is 6.34. The van der Waals surface area contributed by atoms with Gasteiger partial charge in [0.05, 0.1) is 11.7 Å². The largest absolute Gasteiger partial charge is 0.342 e. The summed E-state index contributed by atoms with van der Waals surface area (Å²) in [7, 11) is 0. The van der Waals surface area contributed by atoms with Crippen molar-refractivity contribution in [3.8, 4) is 0 Å². The highest BCUT2D eigenvalue weighted by Crippen LogP contribution is 2.39. The summed E-state index contributed by atoms with van der Waals surface area (Å²) in [5.74, 6) is 0.683. The number of carbonyl (C=O) groups is 1. The molecule has 1 aliphatic carbocycles. The van der Waals surface area contributed by atoms with Crippen LogP contribution in [-0.2, 0) is 16.9 Å². The second kappa shape index (κ2) is 4.49. The average Bonchev–Trinajstić information content (AvgIpc) is 2.95. The number of aromatic amines is 1. The molecule has 0 saturated heterocycles. The van der Waals surface area contributed by atoms with Gasteiger partial charge in [0.1, 0.15) is 18.7 Å². The lowest BCUT2D eigenvalue weighted by Crippen LogP contribution is -2.52. The SMILES string of the molecule is Cc1cnn(CC(=O)NC2(c3ncn[nH]3)CCC2)c1. The summed E-state index contributed by atoms with van der Waals surface area (Å²) in [5, 5.41) is 13.9. The zero-order valence-corrected chi connectivity index (χ0v) is 10.8. The van der Waals surface area contributed by atoms with Crippen molar-refractivity contribution in [1.82, 2.24) is 30.3 Å². The predicted octanol–water partition coefficient (Wildman–Crippen LogP) is 0.505. The molecule has 1 amide bonds. The molecule has 100 valence electrons. The standard InChI is InChI=1S/C12H16N6O/c1-9-5-15-18(6-9)7-10(19)16-12(3-2-4-12)11-13-8-14-17-11/h5-6,8H,2-4,7H2,1H3,(H,16,19)(H,13,14,17). The van der Waals surface area contributed by atoms with Gasteiger partial charge in [-0.05, 0) is 31.7 Å². The minimum absolute atomic E-state index is 0.0563. The number of amides is 1. The molecule has 1 aliphatic rings. The Labute approximate surface area is 110 Å². The van der Waals surface area contributed by atoms with Crippen molar-refractivity contribution in [2.24, 2.45) is 0 Å². The van der Waals surface area contributed by atoms with Crippen molar-refractivity contribution in [1.29, 1.82) is 0 Å². The van der Waals surface area contributed by atoms with Gasteiger partial charge in [0.2, 0.25) is 5.91 Å². The van der Waals surface area contributed by atoms with E-state index in [1.807, 2.05) is 13.1 Å². The molecule has 2 aromatic rings. The van der Waals surface area contributed by atoms with Crippen molar-refractivity contribution < 1.29 is 4.79 Å². The molecule has 0 spiro atoms. The van der Waals surface area contributed by atoms with Gasteiger partial charge in [0.15, 0.2) is 0 Å². The molecule has 7 nitrogen and oxygen atoms in total. The van der Waals surface area contributed by atoms with Gasteiger partial charge in [-0.2, -0.15) is 10.2 Å². The fourth-order valence-corrected chi connectivity index (χ4v) is 2.39. The maximum Gasteiger partial charge on any atom is 0.242 e. The summed E-state index contributed by atoms with van der Waals surface area (Å²) in [6, 6.07) is 0. The number of aromatic nitrogens is 5. The van der Waals surface area contributed by atoms with Gasteiger partial charge in [-0.25, -0.2) is 4.98 Å². The minimum atomic E-state index is -0.365. The third kappa shape index (κ3) is 2.23. The van der Waals surface area contributed by atoms with Crippen LogP contribution in [0.3, 0.4) is 0 Å². The number of H-pyrrole nitrogens is 1. The van der Waals surface area contributed by atoms with E-state index in [0.717, 1.165) is 30.7 Å². The van der Waals surface area contributed by atoms with Crippen LogP contribution in [0.2, 0.25) is 0 Å². The summed E-state index contributed by atoms with van der Waals surface area (Å²) in [4.78, 5) is 16.3. The third-order valence-electron chi connectivity index (χ3n) is 3.52. The van der Waals surface area contributed by atoms with Crippen molar-refractivity contribution in [2.75, 3.05) is 0 Å². The molecule has 19 heavy (non-hydrogen) atoms. The third-order valence-corrected chi connectivity index (χ3v) is 3.52. The monoisotopic (exact) mass is 260 g/mol. The highest BCUT2D eigenvalue weighted by atomic mass is 16.2. The Morgan fingerprint density at radius 1 is 1.58 bits per heavy atom. The Balaban J connectivity index is 1.68. The maximum atomic E-state index is 12.1. The van der Waals surface area contributed by atoms with Gasteiger partial charge in [0.25, 0.3) is 0 Å². The first-order chi connectivity index (χ1) is 9.18. The Morgan fingerprint density at radius 2 is 2.42 bits per heavy atom. The van der Waals surface area contributed by atoms with Crippen LogP contribution in [0.4, 0.5) is 0 Å². The van der Waals surface area contributed by atoms with E-state index in [1.165, 1.54) is 6.33 Å². The van der Waals surface area contributed by atoms with E-state index in [9.17, 15) is 4.79 Å². The Kier molecular flexibility index (Phi) is 2.81. The normalized spacial score (nSPS) is 16.9. The number of nitrogens with one attached hydrogen (secondary N) is 2. The molecular weight excluding hydrogens is 244 g/mol. The predicted molar refractivity (Wildman–Crippen MR) is 67.0 cm³/mol. The number of rotatable bonds is 4. The molecular formula is C12H16N6O. The van der Waals surface area contributed by atoms with Crippen LogP contribution >= 0.6 is 0 Å². The van der Waals surface area contributed by atoms with Gasteiger partial charge >= 0.3 is 0 Å². The maximum absolute atomic E-state index is 12.1. The van der Waals surface area contributed by atoms with Crippen molar-refractivity contribution in [2.45, 2.75) is 38.3 Å². The van der Waals surface area contributed by atoms with Crippen LogP contribution in [0.15, 0.2) is 18.7 Å². The molecule has 0 radical (unpaired) electrons. The lowest BCUT2D eigenvalue weighted by Gasteiger charge is -2.40. The number of nitrogens with zero attached hydrogens (tertiary/aromatic N) is 4. The van der Waals surface area contributed by atoms with E-state index in [2.05, 4.69) is 25.6 Å². The van der Waals surface area contributed by atoms with E-state index in [-0.39, 0.29) is 18.0 Å². The molecule has 2 heterocycles. The lowest BCUT2D eigenvalue weighted by atomic mass is 9.76. The summed E-state index contributed by atoms with van der Waals surface area (Å²) >= 11 is 0. The summed E-state index contributed by atoms with van der Waals surface area (Å²) in [5.41, 5.74) is 0.678. The van der Waals surface area contributed by atoms with Gasteiger partial charge in [-0.15, -0.1) is 0 Å². The van der Waals surface area contributed by atoms with Crippen LogP contribution in [0.5, 0.6) is 0 Å². The lowest BCUT2D eigenvalue weighted by molar-refractivity contribution is -0.125. The summed E-state index contributed by atoms with van der Waals surface area (Å²) < 4.78 is 1.64. The van der Waals surface area contributed by atoms with E-state index in [0.29, 0.717) is 0 Å². The van der Waals surface area contributed by atoms with Crippen LogP contribution < -0.4 is 5.32 Å². The van der Waals surface area contributed by atoms with E-state index in [4.69, 9.17) is 0 Å². The van der Waals surface area contributed by atoms with E-state index in [1.54, 1.807) is 10.9 Å². The Morgan fingerprint density at radius 3 is 2.95 bits per heavy atom. The summed E-state index contributed by atoms with van der Waals surface area (Å²) in [6.45, 7) is 2.17. The first-order valence-corrected chi connectivity index (χ1v) is 6.34. The van der Waals surface area contributed by atoms with Crippen LogP contribution in [-0.4, -0.2) is 30.9 Å². The molecule has 0 atom stereocenters. The molecule has 2 aromatic heterocycles. The molecule has 1 fully saturated rings. The van der Waals surface area contributed by atoms with E-state index < -0.39 is 0 Å². The molecule has 2 N–H and O–H groups in total. The van der Waals surface area contributed by atoms with Crippen LogP contribution in [0.1, 0.15) is 30.7 Å². The van der Waals surface area contributed by atoms with Gasteiger partial charge in [-0.1, -0.05) is 0 Å². The van der Waals surface area contributed by atoms with Gasteiger partial charge < -0.3 is 5.32 Å². The quantitative estimate of drug-likeness (QED) is 0.838. The molecule has 1 saturated carbocycles. The number of hydrogen-bond acceptors (Lipinski definition) is 4. The Bertz CT molecular complexity index is 569. The molecule has 0 aliphatic heterocycles. The second-order valence-electron chi connectivity index (χ2n) is 5.03. The number of hydrogen-bond donors (Lipinski definition) is 2.